The van der Waals surface area contributed by atoms with Crippen molar-refractivity contribution < 1.29 is 4.79 Å². The van der Waals surface area contributed by atoms with Crippen molar-refractivity contribution in [2.45, 2.75) is 38.1 Å². The van der Waals surface area contributed by atoms with Crippen molar-refractivity contribution in [1.29, 1.82) is 0 Å². The molecule has 1 saturated carbocycles. The lowest BCUT2D eigenvalue weighted by Gasteiger charge is -2.23. The van der Waals surface area contributed by atoms with Crippen LogP contribution in [0.4, 0.5) is 5.69 Å². The van der Waals surface area contributed by atoms with Gasteiger partial charge < -0.3 is 5.32 Å². The molecule has 1 N–H and O–H groups in total. The number of rotatable bonds is 6. The Morgan fingerprint density at radius 1 is 1.04 bits per heavy atom. The van der Waals surface area contributed by atoms with Crippen molar-refractivity contribution in [3.63, 3.8) is 0 Å². The summed E-state index contributed by atoms with van der Waals surface area (Å²) in [4.78, 5) is 14.6. The normalized spacial score (nSPS) is 14.9. The molecule has 2 aromatic carbocycles. The summed E-state index contributed by atoms with van der Waals surface area (Å²) in [5.41, 5.74) is 3.33. The van der Waals surface area contributed by atoms with Crippen molar-refractivity contribution >= 4 is 11.6 Å². The van der Waals surface area contributed by atoms with Crippen LogP contribution < -0.4 is 5.32 Å². The molecule has 2 aromatic rings. The lowest BCUT2D eigenvalue weighted by molar-refractivity contribution is -0.117. The molecule has 126 valence electrons. The fourth-order valence-corrected chi connectivity index (χ4v) is 3.50. The summed E-state index contributed by atoms with van der Waals surface area (Å²) in [7, 11) is 2.06. The van der Waals surface area contributed by atoms with Gasteiger partial charge in [0.15, 0.2) is 0 Å². The Kier molecular flexibility index (Phi) is 5.65. The van der Waals surface area contributed by atoms with Crippen LogP contribution in [0.25, 0.3) is 0 Å². The predicted octanol–water partition coefficient (Wildman–Crippen LogP) is 4.09. The Morgan fingerprint density at radius 2 is 1.71 bits per heavy atom. The quantitative estimate of drug-likeness (QED) is 0.869. The first kappa shape index (κ1) is 16.7. The van der Waals surface area contributed by atoms with E-state index in [-0.39, 0.29) is 5.91 Å². The first-order chi connectivity index (χ1) is 11.7. The number of hydrogen-bond acceptors (Lipinski definition) is 2. The highest BCUT2D eigenvalue weighted by atomic mass is 16.2. The number of carbonyl (C=O) groups is 1. The van der Waals surface area contributed by atoms with Gasteiger partial charge in [-0.15, -0.1) is 0 Å². The second kappa shape index (κ2) is 8.11. The van der Waals surface area contributed by atoms with Gasteiger partial charge in [0, 0.05) is 11.7 Å². The zero-order chi connectivity index (χ0) is 16.8. The number of carbonyl (C=O) groups excluding carboxylic acids is 1. The van der Waals surface area contributed by atoms with Gasteiger partial charge in [0.05, 0.1) is 6.54 Å². The van der Waals surface area contributed by atoms with Crippen molar-refractivity contribution in [3.05, 3.63) is 65.7 Å². The molecule has 3 heteroatoms. The highest BCUT2D eigenvalue weighted by molar-refractivity contribution is 5.93. The largest absolute Gasteiger partial charge is 0.325 e. The minimum absolute atomic E-state index is 0.0740. The van der Waals surface area contributed by atoms with Gasteiger partial charge in [-0.2, -0.15) is 0 Å². The molecule has 0 bridgehead atoms. The molecular formula is C21H26N2O. The number of nitrogens with one attached hydrogen (secondary N) is 1. The van der Waals surface area contributed by atoms with Crippen LogP contribution in [0, 0.1) is 0 Å². The van der Waals surface area contributed by atoms with Crippen molar-refractivity contribution in [2.75, 3.05) is 18.9 Å². The topological polar surface area (TPSA) is 32.3 Å². The Hall–Kier alpha value is -2.13. The van der Waals surface area contributed by atoms with E-state index >= 15 is 0 Å². The van der Waals surface area contributed by atoms with Crippen LogP contribution in [0.3, 0.4) is 0 Å². The van der Waals surface area contributed by atoms with Gasteiger partial charge in [-0.05, 0) is 43.5 Å². The molecule has 0 radical (unpaired) electrons. The van der Waals surface area contributed by atoms with E-state index in [1.807, 2.05) is 36.4 Å². The zero-order valence-electron chi connectivity index (χ0n) is 14.4. The lowest BCUT2D eigenvalue weighted by atomic mass is 10.0. The molecule has 0 aromatic heterocycles. The third-order valence-electron chi connectivity index (χ3n) is 4.87. The second-order valence-corrected chi connectivity index (χ2v) is 6.72. The SMILES string of the molecule is CN(CC(=O)Nc1ccccc1Cc1ccccc1)C1CCCC1. The van der Waals surface area contributed by atoms with Crippen LogP contribution >= 0.6 is 0 Å². The molecule has 0 saturated heterocycles. The molecule has 0 spiro atoms. The Labute approximate surface area is 144 Å². The van der Waals surface area contributed by atoms with E-state index in [0.717, 1.165) is 17.7 Å². The summed E-state index contributed by atoms with van der Waals surface area (Å²) in [5, 5.41) is 3.10. The first-order valence-corrected chi connectivity index (χ1v) is 8.84. The molecular weight excluding hydrogens is 296 g/mol. The van der Waals surface area contributed by atoms with Gasteiger partial charge in [-0.1, -0.05) is 61.4 Å². The molecule has 3 nitrogen and oxygen atoms in total. The van der Waals surface area contributed by atoms with Crippen LogP contribution in [-0.2, 0) is 11.2 Å². The maximum atomic E-state index is 12.4. The standard InChI is InChI=1S/C21H26N2O/c1-23(19-12-6-7-13-19)16-21(24)22-20-14-8-5-11-18(20)15-17-9-3-2-4-10-17/h2-5,8-11,14,19H,6-7,12-13,15-16H2,1H3,(H,22,24). The van der Waals surface area contributed by atoms with Gasteiger partial charge in [0.2, 0.25) is 5.91 Å². The molecule has 0 unspecified atom stereocenters. The number of para-hydroxylation sites is 1. The fraction of sp³-hybridized carbons (Fsp3) is 0.381. The Balaban J connectivity index is 1.63. The number of anilines is 1. The molecule has 1 fully saturated rings. The van der Waals surface area contributed by atoms with E-state index in [4.69, 9.17) is 0 Å². The maximum absolute atomic E-state index is 12.4. The molecule has 0 heterocycles. The molecule has 0 aliphatic heterocycles. The molecule has 0 atom stereocenters. The highest BCUT2D eigenvalue weighted by Crippen LogP contribution is 2.23. The van der Waals surface area contributed by atoms with Crippen LogP contribution in [0.5, 0.6) is 0 Å². The number of hydrogen-bond donors (Lipinski definition) is 1. The monoisotopic (exact) mass is 322 g/mol. The van der Waals surface area contributed by atoms with Crippen molar-refractivity contribution in [1.82, 2.24) is 4.90 Å². The summed E-state index contributed by atoms with van der Waals surface area (Å²) >= 11 is 0. The van der Waals surface area contributed by atoms with E-state index in [2.05, 4.69) is 35.5 Å². The molecule has 1 aliphatic rings. The van der Waals surface area contributed by atoms with Gasteiger partial charge in [-0.3, -0.25) is 9.69 Å². The third-order valence-corrected chi connectivity index (χ3v) is 4.87. The van der Waals surface area contributed by atoms with E-state index in [9.17, 15) is 4.79 Å². The molecule has 1 amide bonds. The lowest BCUT2D eigenvalue weighted by Crippen LogP contribution is -2.36. The van der Waals surface area contributed by atoms with Gasteiger partial charge in [0.25, 0.3) is 0 Å². The second-order valence-electron chi connectivity index (χ2n) is 6.72. The minimum Gasteiger partial charge on any atom is -0.325 e. The summed E-state index contributed by atoms with van der Waals surface area (Å²) in [6.45, 7) is 0.463. The van der Waals surface area contributed by atoms with E-state index < -0.39 is 0 Å². The predicted molar refractivity (Wildman–Crippen MR) is 99.2 cm³/mol. The molecule has 1 aliphatic carbocycles. The number of benzene rings is 2. The van der Waals surface area contributed by atoms with Gasteiger partial charge >= 0.3 is 0 Å². The van der Waals surface area contributed by atoms with E-state index in [0.29, 0.717) is 12.6 Å². The molecule has 3 rings (SSSR count). The van der Waals surface area contributed by atoms with Crippen molar-refractivity contribution in [3.8, 4) is 0 Å². The number of nitrogens with zero attached hydrogens (tertiary/aromatic N) is 1. The van der Waals surface area contributed by atoms with E-state index in [1.165, 1.54) is 31.2 Å². The fourth-order valence-electron chi connectivity index (χ4n) is 3.50. The summed E-state index contributed by atoms with van der Waals surface area (Å²) < 4.78 is 0. The summed E-state index contributed by atoms with van der Waals surface area (Å²) in [6, 6.07) is 19.0. The Bertz CT molecular complexity index is 663. The zero-order valence-corrected chi connectivity index (χ0v) is 14.4. The summed E-state index contributed by atoms with van der Waals surface area (Å²) in [5.74, 6) is 0.0740. The third kappa shape index (κ3) is 4.45. The number of likely N-dealkylation sites (N-methyl/N-ethyl adjacent to an activating group) is 1. The van der Waals surface area contributed by atoms with E-state index in [1.54, 1.807) is 0 Å². The maximum Gasteiger partial charge on any atom is 0.238 e. The highest BCUT2D eigenvalue weighted by Gasteiger charge is 2.21. The first-order valence-electron chi connectivity index (χ1n) is 8.84. The van der Waals surface area contributed by atoms with Gasteiger partial charge in [-0.25, -0.2) is 0 Å². The smallest absolute Gasteiger partial charge is 0.238 e. The Morgan fingerprint density at radius 3 is 2.46 bits per heavy atom. The van der Waals surface area contributed by atoms with Crippen LogP contribution in [0.15, 0.2) is 54.6 Å². The van der Waals surface area contributed by atoms with Crippen LogP contribution in [0.2, 0.25) is 0 Å². The average Bonchev–Trinajstić information content (AvgIpc) is 3.12. The van der Waals surface area contributed by atoms with Crippen LogP contribution in [-0.4, -0.2) is 30.4 Å². The van der Waals surface area contributed by atoms with Crippen molar-refractivity contribution in [2.24, 2.45) is 0 Å². The summed E-state index contributed by atoms with van der Waals surface area (Å²) in [6.07, 6.45) is 5.84. The van der Waals surface area contributed by atoms with Crippen LogP contribution in [0.1, 0.15) is 36.8 Å². The van der Waals surface area contributed by atoms with Gasteiger partial charge in [0.1, 0.15) is 0 Å². The minimum atomic E-state index is 0.0740. The number of amides is 1. The average molecular weight is 322 g/mol. The molecule has 24 heavy (non-hydrogen) atoms.